The molecule has 1 fully saturated rings. The largest absolute Gasteiger partial charge is 0.469 e. The Balaban J connectivity index is 3.03. The molecule has 1 saturated carbocycles. The standard InChI is InChI=1S/C13H23N3O3/c1-8(15-16-11(14)18)13(4)7-6-9(10(17)19-5)12(13,2)3/h9H,6-7H2,1-5H3,(H3,14,16,18)/b15-8+. The van der Waals surface area contributed by atoms with Crippen molar-refractivity contribution in [3.63, 3.8) is 0 Å². The van der Waals surface area contributed by atoms with Crippen LogP contribution in [0.5, 0.6) is 0 Å². The fourth-order valence-electron chi connectivity index (χ4n) is 2.96. The molecule has 0 heterocycles. The number of rotatable bonds is 3. The number of hydrazone groups is 1. The van der Waals surface area contributed by atoms with Gasteiger partial charge in [0.25, 0.3) is 0 Å². The van der Waals surface area contributed by atoms with Crippen molar-refractivity contribution in [2.75, 3.05) is 7.11 Å². The van der Waals surface area contributed by atoms with Crippen LogP contribution in [0.15, 0.2) is 5.10 Å². The van der Waals surface area contributed by atoms with Crippen LogP contribution >= 0.6 is 0 Å². The van der Waals surface area contributed by atoms with E-state index in [-0.39, 0.29) is 22.7 Å². The number of ether oxygens (including phenoxy) is 1. The van der Waals surface area contributed by atoms with Gasteiger partial charge in [-0.1, -0.05) is 20.8 Å². The summed E-state index contributed by atoms with van der Waals surface area (Å²) in [5, 5.41) is 4.03. The first-order chi connectivity index (χ1) is 8.66. The lowest BCUT2D eigenvalue weighted by molar-refractivity contribution is -0.149. The maximum Gasteiger partial charge on any atom is 0.332 e. The van der Waals surface area contributed by atoms with Gasteiger partial charge < -0.3 is 10.5 Å². The summed E-state index contributed by atoms with van der Waals surface area (Å²) >= 11 is 0. The Labute approximate surface area is 113 Å². The van der Waals surface area contributed by atoms with Gasteiger partial charge in [0.05, 0.1) is 13.0 Å². The maximum atomic E-state index is 11.9. The molecule has 1 rings (SSSR count). The summed E-state index contributed by atoms with van der Waals surface area (Å²) in [6.07, 6.45) is 1.56. The molecule has 19 heavy (non-hydrogen) atoms. The maximum absolute atomic E-state index is 11.9. The van der Waals surface area contributed by atoms with Crippen LogP contribution in [0.25, 0.3) is 0 Å². The molecule has 3 N–H and O–H groups in total. The van der Waals surface area contributed by atoms with Gasteiger partial charge in [0.1, 0.15) is 0 Å². The minimum Gasteiger partial charge on any atom is -0.469 e. The molecular formula is C13H23N3O3. The number of esters is 1. The molecule has 0 aromatic carbocycles. The molecule has 1 aliphatic rings. The van der Waals surface area contributed by atoms with Gasteiger partial charge in [0.2, 0.25) is 0 Å². The van der Waals surface area contributed by atoms with E-state index in [1.54, 1.807) is 0 Å². The number of methoxy groups -OCH3 is 1. The summed E-state index contributed by atoms with van der Waals surface area (Å²) < 4.78 is 4.87. The summed E-state index contributed by atoms with van der Waals surface area (Å²) in [6, 6.07) is -0.691. The molecule has 1 aliphatic carbocycles. The molecule has 108 valence electrons. The monoisotopic (exact) mass is 269 g/mol. The highest BCUT2D eigenvalue weighted by atomic mass is 16.5. The molecule has 6 nitrogen and oxygen atoms in total. The molecule has 2 atom stereocenters. The van der Waals surface area contributed by atoms with Crippen LogP contribution < -0.4 is 11.2 Å². The summed E-state index contributed by atoms with van der Waals surface area (Å²) in [6.45, 7) is 7.96. The van der Waals surface area contributed by atoms with E-state index in [1.165, 1.54) is 7.11 Å². The highest BCUT2D eigenvalue weighted by Crippen LogP contribution is 2.56. The van der Waals surface area contributed by atoms with Gasteiger partial charge in [-0.15, -0.1) is 0 Å². The Kier molecular flexibility index (Phi) is 4.22. The van der Waals surface area contributed by atoms with E-state index in [9.17, 15) is 9.59 Å². The number of hydrogen-bond donors (Lipinski definition) is 2. The van der Waals surface area contributed by atoms with Crippen molar-refractivity contribution in [1.82, 2.24) is 5.43 Å². The highest BCUT2D eigenvalue weighted by Gasteiger charge is 2.56. The first kappa shape index (κ1) is 15.5. The van der Waals surface area contributed by atoms with Gasteiger partial charge >= 0.3 is 12.0 Å². The predicted molar refractivity (Wildman–Crippen MR) is 72.5 cm³/mol. The number of carbonyl (C=O) groups excluding carboxylic acids is 2. The van der Waals surface area contributed by atoms with Crippen LogP contribution in [0.4, 0.5) is 4.79 Å². The lowest BCUT2D eigenvalue weighted by Crippen LogP contribution is -2.43. The minimum atomic E-state index is -0.691. The second-order valence-electron chi connectivity index (χ2n) is 5.84. The summed E-state index contributed by atoms with van der Waals surface area (Å²) in [5.74, 6) is -0.356. The molecule has 0 aliphatic heterocycles. The molecule has 0 bridgehead atoms. The van der Waals surface area contributed by atoms with Crippen molar-refractivity contribution >= 4 is 17.7 Å². The SMILES string of the molecule is COC(=O)C1CCC(C)(/C(C)=N/NC(N)=O)C1(C)C. The quantitative estimate of drug-likeness (QED) is 0.463. The third-order valence-corrected chi connectivity index (χ3v) is 4.84. The zero-order valence-corrected chi connectivity index (χ0v) is 12.2. The smallest absolute Gasteiger partial charge is 0.332 e. The number of nitrogens with two attached hydrogens (primary N) is 1. The molecular weight excluding hydrogens is 246 g/mol. The third-order valence-electron chi connectivity index (χ3n) is 4.84. The molecule has 0 spiro atoms. The molecule has 2 amide bonds. The summed E-state index contributed by atoms with van der Waals surface area (Å²) in [4.78, 5) is 22.6. The predicted octanol–water partition coefficient (Wildman–Crippen LogP) is 1.65. The topological polar surface area (TPSA) is 93.8 Å². The van der Waals surface area contributed by atoms with Gasteiger partial charge in [0, 0.05) is 11.1 Å². The number of amides is 2. The van der Waals surface area contributed by atoms with E-state index in [0.717, 1.165) is 18.6 Å². The molecule has 0 radical (unpaired) electrons. The summed E-state index contributed by atoms with van der Waals surface area (Å²) in [5.41, 5.74) is 7.45. The fraction of sp³-hybridized carbons (Fsp3) is 0.769. The molecule has 2 unspecified atom stereocenters. The number of urea groups is 1. The lowest BCUT2D eigenvalue weighted by atomic mass is 9.63. The Morgan fingerprint density at radius 2 is 1.95 bits per heavy atom. The van der Waals surface area contributed by atoms with Crippen LogP contribution in [-0.2, 0) is 9.53 Å². The van der Waals surface area contributed by atoms with Crippen molar-refractivity contribution < 1.29 is 14.3 Å². The average Bonchev–Trinajstić information content (AvgIpc) is 2.57. The number of nitrogens with zero attached hydrogens (tertiary/aromatic N) is 1. The second-order valence-corrected chi connectivity index (χ2v) is 5.84. The van der Waals surface area contributed by atoms with Gasteiger partial charge in [-0.3, -0.25) is 4.79 Å². The first-order valence-electron chi connectivity index (χ1n) is 6.35. The van der Waals surface area contributed by atoms with E-state index in [2.05, 4.69) is 17.5 Å². The van der Waals surface area contributed by atoms with Gasteiger partial charge in [0.15, 0.2) is 0 Å². The lowest BCUT2D eigenvalue weighted by Gasteiger charge is -2.40. The van der Waals surface area contributed by atoms with Crippen LogP contribution in [0.1, 0.15) is 40.5 Å². The zero-order chi connectivity index (χ0) is 14.8. The van der Waals surface area contributed by atoms with E-state index in [4.69, 9.17) is 10.5 Å². The van der Waals surface area contributed by atoms with Crippen LogP contribution in [-0.4, -0.2) is 24.8 Å². The van der Waals surface area contributed by atoms with Crippen molar-refractivity contribution in [2.45, 2.75) is 40.5 Å². The number of carbonyl (C=O) groups is 2. The van der Waals surface area contributed by atoms with E-state index >= 15 is 0 Å². The van der Waals surface area contributed by atoms with Gasteiger partial charge in [-0.25, -0.2) is 10.2 Å². The van der Waals surface area contributed by atoms with E-state index in [0.29, 0.717) is 0 Å². The molecule has 0 aromatic rings. The minimum absolute atomic E-state index is 0.166. The normalized spacial score (nSPS) is 29.9. The molecule has 0 saturated heterocycles. The van der Waals surface area contributed by atoms with Gasteiger partial charge in [-0.2, -0.15) is 5.10 Å². The van der Waals surface area contributed by atoms with Gasteiger partial charge in [-0.05, 0) is 25.2 Å². The van der Waals surface area contributed by atoms with Crippen LogP contribution in [0.2, 0.25) is 0 Å². The van der Waals surface area contributed by atoms with Crippen molar-refractivity contribution in [1.29, 1.82) is 0 Å². The fourth-order valence-corrected chi connectivity index (χ4v) is 2.96. The number of hydrogen-bond acceptors (Lipinski definition) is 4. The second kappa shape index (κ2) is 5.19. The Hall–Kier alpha value is -1.59. The first-order valence-corrected chi connectivity index (χ1v) is 6.35. The third kappa shape index (κ3) is 2.57. The highest BCUT2D eigenvalue weighted by molar-refractivity contribution is 5.91. The van der Waals surface area contributed by atoms with Crippen LogP contribution in [0.3, 0.4) is 0 Å². The van der Waals surface area contributed by atoms with E-state index < -0.39 is 6.03 Å². The van der Waals surface area contributed by atoms with Crippen molar-refractivity contribution in [3.05, 3.63) is 0 Å². The Morgan fingerprint density at radius 3 is 2.42 bits per heavy atom. The number of nitrogens with one attached hydrogen (secondary N) is 1. The Bertz CT molecular complexity index is 417. The molecule has 0 aromatic heterocycles. The Morgan fingerprint density at radius 1 is 1.37 bits per heavy atom. The van der Waals surface area contributed by atoms with Crippen molar-refractivity contribution in [3.8, 4) is 0 Å². The molecule has 6 heteroatoms. The van der Waals surface area contributed by atoms with E-state index in [1.807, 2.05) is 20.8 Å². The van der Waals surface area contributed by atoms with Crippen LogP contribution in [0, 0.1) is 16.7 Å². The summed E-state index contributed by atoms with van der Waals surface area (Å²) in [7, 11) is 1.41. The average molecular weight is 269 g/mol. The van der Waals surface area contributed by atoms with Crippen molar-refractivity contribution in [2.24, 2.45) is 27.6 Å². The zero-order valence-electron chi connectivity index (χ0n) is 12.2. The number of primary amides is 1.